The summed E-state index contributed by atoms with van der Waals surface area (Å²) in [4.78, 5) is 0. The van der Waals surface area contributed by atoms with Crippen molar-refractivity contribution in [2.24, 2.45) is 0 Å². The van der Waals surface area contributed by atoms with Crippen molar-refractivity contribution < 1.29 is 22.3 Å². The van der Waals surface area contributed by atoms with Crippen molar-refractivity contribution in [3.05, 3.63) is 59.4 Å². The highest BCUT2D eigenvalue weighted by molar-refractivity contribution is 5.47. The van der Waals surface area contributed by atoms with Crippen LogP contribution in [0.3, 0.4) is 0 Å². The molecule has 0 saturated carbocycles. The van der Waals surface area contributed by atoms with E-state index < -0.39 is 6.36 Å². The minimum Gasteiger partial charge on any atom is -0.406 e. The topological polar surface area (TPSA) is 21.3 Å². The second kappa shape index (κ2) is 6.03. The van der Waals surface area contributed by atoms with Gasteiger partial charge in [-0.05, 0) is 54.4 Å². The zero-order valence-electron chi connectivity index (χ0n) is 11.2. The van der Waals surface area contributed by atoms with Gasteiger partial charge in [0, 0.05) is 12.2 Å². The van der Waals surface area contributed by atoms with Crippen molar-refractivity contribution >= 4 is 5.69 Å². The van der Waals surface area contributed by atoms with Crippen molar-refractivity contribution in [2.45, 2.75) is 19.8 Å². The molecule has 0 aliphatic rings. The molecule has 21 heavy (non-hydrogen) atoms. The molecular weight excluding hydrogens is 286 g/mol. The van der Waals surface area contributed by atoms with Crippen LogP contribution in [0.15, 0.2) is 42.5 Å². The number of alkyl halides is 3. The Kier molecular flexibility index (Phi) is 4.35. The Morgan fingerprint density at radius 1 is 1.05 bits per heavy atom. The third-order valence-corrected chi connectivity index (χ3v) is 2.88. The minimum absolute atomic E-state index is 0.272. The van der Waals surface area contributed by atoms with Crippen molar-refractivity contribution in [2.75, 3.05) is 5.32 Å². The number of benzene rings is 2. The van der Waals surface area contributed by atoms with Crippen LogP contribution >= 0.6 is 0 Å². The number of aryl methyl sites for hydroxylation is 1. The molecule has 2 aromatic rings. The number of hydrogen-bond acceptors (Lipinski definition) is 2. The molecule has 112 valence electrons. The van der Waals surface area contributed by atoms with E-state index in [0.717, 1.165) is 11.1 Å². The van der Waals surface area contributed by atoms with Crippen LogP contribution in [-0.2, 0) is 6.54 Å². The summed E-state index contributed by atoms with van der Waals surface area (Å²) in [5.41, 5.74) is 2.36. The molecule has 0 fully saturated rings. The molecule has 0 atom stereocenters. The third-order valence-electron chi connectivity index (χ3n) is 2.88. The van der Waals surface area contributed by atoms with Gasteiger partial charge >= 0.3 is 6.36 Å². The highest BCUT2D eigenvalue weighted by Gasteiger charge is 2.30. The van der Waals surface area contributed by atoms with Gasteiger partial charge < -0.3 is 10.1 Å². The van der Waals surface area contributed by atoms with Gasteiger partial charge in [0.1, 0.15) is 11.6 Å². The Balaban J connectivity index is 1.97. The number of hydrogen-bond donors (Lipinski definition) is 1. The summed E-state index contributed by atoms with van der Waals surface area (Å²) >= 11 is 0. The second-order valence-electron chi connectivity index (χ2n) is 4.50. The summed E-state index contributed by atoms with van der Waals surface area (Å²) in [6.45, 7) is 2.24. The van der Waals surface area contributed by atoms with Gasteiger partial charge in [-0.1, -0.05) is 6.07 Å². The lowest BCUT2D eigenvalue weighted by Gasteiger charge is -2.11. The molecule has 0 radical (unpaired) electrons. The first-order valence-corrected chi connectivity index (χ1v) is 6.18. The minimum atomic E-state index is -4.69. The van der Waals surface area contributed by atoms with Crippen molar-refractivity contribution in [3.8, 4) is 5.75 Å². The van der Waals surface area contributed by atoms with Crippen LogP contribution in [0.4, 0.5) is 23.2 Å². The zero-order chi connectivity index (χ0) is 15.5. The van der Waals surface area contributed by atoms with Gasteiger partial charge in [0.25, 0.3) is 0 Å². The normalized spacial score (nSPS) is 11.3. The van der Waals surface area contributed by atoms with E-state index in [-0.39, 0.29) is 11.6 Å². The Hall–Kier alpha value is -2.24. The molecule has 0 saturated heterocycles. The van der Waals surface area contributed by atoms with E-state index in [2.05, 4.69) is 10.1 Å². The lowest BCUT2D eigenvalue weighted by molar-refractivity contribution is -0.274. The molecule has 0 bridgehead atoms. The van der Waals surface area contributed by atoms with Crippen LogP contribution in [-0.4, -0.2) is 6.36 Å². The summed E-state index contributed by atoms with van der Waals surface area (Å²) in [7, 11) is 0. The number of ether oxygens (including phenoxy) is 1. The van der Waals surface area contributed by atoms with Crippen LogP contribution in [0, 0.1) is 12.7 Å². The third kappa shape index (κ3) is 4.66. The molecule has 0 aromatic heterocycles. The number of nitrogens with one attached hydrogen (secondary N) is 1. The Morgan fingerprint density at radius 2 is 1.71 bits per heavy atom. The van der Waals surface area contributed by atoms with E-state index in [1.54, 1.807) is 13.0 Å². The van der Waals surface area contributed by atoms with Crippen LogP contribution in [0.2, 0.25) is 0 Å². The molecular formula is C15H13F4NO. The van der Waals surface area contributed by atoms with Gasteiger partial charge in [-0.25, -0.2) is 4.39 Å². The van der Waals surface area contributed by atoms with Crippen LogP contribution < -0.4 is 10.1 Å². The van der Waals surface area contributed by atoms with E-state index in [1.165, 1.54) is 36.4 Å². The largest absolute Gasteiger partial charge is 0.573 e. The van der Waals surface area contributed by atoms with Gasteiger partial charge in [-0.3, -0.25) is 0 Å². The van der Waals surface area contributed by atoms with E-state index in [1.807, 2.05) is 0 Å². The fourth-order valence-electron chi connectivity index (χ4n) is 1.83. The van der Waals surface area contributed by atoms with E-state index >= 15 is 0 Å². The average Bonchev–Trinajstić information content (AvgIpc) is 2.38. The molecule has 0 aliphatic carbocycles. The molecule has 0 unspecified atom stereocenters. The quantitative estimate of drug-likeness (QED) is 0.830. The highest BCUT2D eigenvalue weighted by atomic mass is 19.4. The number of rotatable bonds is 4. The predicted octanol–water partition coefficient (Wildman–Crippen LogP) is 4.64. The Morgan fingerprint density at radius 3 is 2.29 bits per heavy atom. The molecule has 2 aromatic carbocycles. The lowest BCUT2D eigenvalue weighted by Crippen LogP contribution is -2.17. The van der Waals surface area contributed by atoms with Gasteiger partial charge in [0.05, 0.1) is 0 Å². The van der Waals surface area contributed by atoms with Crippen LogP contribution in [0.5, 0.6) is 5.75 Å². The summed E-state index contributed by atoms with van der Waals surface area (Å²) in [6.07, 6.45) is -4.69. The molecule has 0 spiro atoms. The van der Waals surface area contributed by atoms with Crippen LogP contribution in [0.25, 0.3) is 0 Å². The standard InChI is InChI=1S/C15H13F4NO/c1-10-8-12(16)3-2-11(10)9-20-13-4-6-14(7-5-13)21-15(17,18)19/h2-8,20H,9H2,1H3. The van der Waals surface area contributed by atoms with E-state index in [4.69, 9.17) is 0 Å². The number of anilines is 1. The van der Waals surface area contributed by atoms with Crippen molar-refractivity contribution in [1.82, 2.24) is 0 Å². The number of halogens is 4. The molecule has 6 heteroatoms. The van der Waals surface area contributed by atoms with E-state index in [0.29, 0.717) is 12.2 Å². The van der Waals surface area contributed by atoms with Gasteiger partial charge in [0.2, 0.25) is 0 Å². The first kappa shape index (κ1) is 15.2. The maximum Gasteiger partial charge on any atom is 0.573 e. The van der Waals surface area contributed by atoms with Crippen molar-refractivity contribution in [3.63, 3.8) is 0 Å². The summed E-state index contributed by atoms with van der Waals surface area (Å²) < 4.78 is 52.8. The van der Waals surface area contributed by atoms with Gasteiger partial charge in [-0.15, -0.1) is 13.2 Å². The zero-order valence-corrected chi connectivity index (χ0v) is 11.2. The first-order chi connectivity index (χ1) is 9.83. The smallest absolute Gasteiger partial charge is 0.406 e. The Labute approximate surface area is 119 Å². The second-order valence-corrected chi connectivity index (χ2v) is 4.50. The average molecular weight is 299 g/mol. The van der Waals surface area contributed by atoms with E-state index in [9.17, 15) is 17.6 Å². The summed E-state index contributed by atoms with van der Waals surface area (Å²) in [6, 6.07) is 9.89. The molecule has 1 N–H and O–H groups in total. The fourth-order valence-corrected chi connectivity index (χ4v) is 1.83. The SMILES string of the molecule is Cc1cc(F)ccc1CNc1ccc(OC(F)(F)F)cc1. The van der Waals surface area contributed by atoms with Crippen LogP contribution in [0.1, 0.15) is 11.1 Å². The predicted molar refractivity (Wildman–Crippen MR) is 71.6 cm³/mol. The molecule has 2 nitrogen and oxygen atoms in total. The molecule has 0 aliphatic heterocycles. The molecule has 2 rings (SSSR count). The summed E-state index contributed by atoms with van der Waals surface area (Å²) in [5.74, 6) is -0.573. The molecule has 0 amide bonds. The highest BCUT2D eigenvalue weighted by Crippen LogP contribution is 2.24. The maximum atomic E-state index is 13.0. The monoisotopic (exact) mass is 299 g/mol. The van der Waals surface area contributed by atoms with Gasteiger partial charge in [-0.2, -0.15) is 0 Å². The Bertz CT molecular complexity index is 608. The first-order valence-electron chi connectivity index (χ1n) is 6.18. The molecule has 0 heterocycles. The fraction of sp³-hybridized carbons (Fsp3) is 0.200. The summed E-state index contributed by atoms with van der Waals surface area (Å²) in [5, 5.41) is 3.05. The maximum absolute atomic E-state index is 13.0. The lowest BCUT2D eigenvalue weighted by atomic mass is 10.1. The van der Waals surface area contributed by atoms with Crippen molar-refractivity contribution in [1.29, 1.82) is 0 Å². The van der Waals surface area contributed by atoms with Gasteiger partial charge in [0.15, 0.2) is 0 Å².